The maximum Gasteiger partial charge on any atom is 0.323 e. The summed E-state index contributed by atoms with van der Waals surface area (Å²) in [6.45, 7) is 0.455. The van der Waals surface area contributed by atoms with Crippen LogP contribution in [0.1, 0.15) is 19.3 Å². The van der Waals surface area contributed by atoms with Crippen LogP contribution in [0.4, 0.5) is 19.3 Å². The van der Waals surface area contributed by atoms with Gasteiger partial charge in [-0.15, -0.1) is 0 Å². The van der Waals surface area contributed by atoms with Crippen molar-refractivity contribution < 1.29 is 18.7 Å². The van der Waals surface area contributed by atoms with Crippen molar-refractivity contribution in [3.63, 3.8) is 0 Å². The van der Waals surface area contributed by atoms with Crippen molar-refractivity contribution in [2.45, 2.75) is 25.5 Å². The van der Waals surface area contributed by atoms with Gasteiger partial charge in [-0.1, -0.05) is 0 Å². The third kappa shape index (κ3) is 2.76. The number of aliphatic hydroxyl groups is 1. The van der Waals surface area contributed by atoms with Gasteiger partial charge < -0.3 is 10.4 Å². The maximum absolute atomic E-state index is 13.0. The number of nitrogens with one attached hydrogen (secondary N) is 1. The molecule has 2 rings (SSSR count). The van der Waals surface area contributed by atoms with Gasteiger partial charge in [-0.05, 0) is 31.4 Å². The number of likely N-dealkylation sites (tertiary alicyclic amines) is 1. The molecule has 0 saturated carbocycles. The van der Waals surface area contributed by atoms with E-state index in [9.17, 15) is 18.7 Å². The van der Waals surface area contributed by atoms with Crippen LogP contribution in [-0.2, 0) is 0 Å². The second-order valence-corrected chi connectivity index (χ2v) is 4.23. The maximum atomic E-state index is 13.0. The summed E-state index contributed by atoms with van der Waals surface area (Å²) in [5.41, 5.74) is 0.164. The molecule has 1 heterocycles. The second kappa shape index (κ2) is 5.30. The van der Waals surface area contributed by atoms with Gasteiger partial charge in [0, 0.05) is 18.3 Å². The molecule has 1 aromatic carbocycles. The third-order valence-electron chi connectivity index (χ3n) is 2.90. The molecule has 0 spiro atoms. The first kappa shape index (κ1) is 12.8. The molecule has 6 heteroatoms. The molecular weight excluding hydrogens is 242 g/mol. The molecule has 0 aromatic heterocycles. The molecule has 18 heavy (non-hydrogen) atoms. The quantitative estimate of drug-likeness (QED) is 0.810. The van der Waals surface area contributed by atoms with E-state index in [0.717, 1.165) is 25.0 Å². The Kier molecular flexibility index (Phi) is 3.76. The minimum absolute atomic E-state index is 0.164. The zero-order chi connectivity index (χ0) is 13.1. The molecular formula is C12H14F2N2O2. The molecule has 2 amide bonds. The van der Waals surface area contributed by atoms with Gasteiger partial charge in [-0.25, -0.2) is 13.6 Å². The van der Waals surface area contributed by atoms with Crippen LogP contribution in [0.2, 0.25) is 0 Å². The number of amides is 2. The van der Waals surface area contributed by atoms with Crippen molar-refractivity contribution in [2.75, 3.05) is 11.9 Å². The minimum atomic E-state index is -1.02. The van der Waals surface area contributed by atoms with Crippen LogP contribution >= 0.6 is 0 Å². The Labute approximate surface area is 103 Å². The Hall–Kier alpha value is -1.69. The molecule has 98 valence electrons. The Morgan fingerprint density at radius 2 is 2.11 bits per heavy atom. The summed E-state index contributed by atoms with van der Waals surface area (Å²) in [7, 11) is 0. The van der Waals surface area contributed by atoms with Gasteiger partial charge >= 0.3 is 6.03 Å². The first-order valence-electron chi connectivity index (χ1n) is 5.78. The van der Waals surface area contributed by atoms with Crippen molar-refractivity contribution in [3.8, 4) is 0 Å². The molecule has 4 nitrogen and oxygen atoms in total. The lowest BCUT2D eigenvalue weighted by molar-refractivity contribution is 0.00859. The van der Waals surface area contributed by atoms with Gasteiger partial charge in [0.2, 0.25) is 0 Å². The molecule has 1 unspecified atom stereocenters. The Balaban J connectivity index is 2.04. The normalized spacial score (nSPS) is 19.7. The molecule has 0 bridgehead atoms. The summed E-state index contributed by atoms with van der Waals surface area (Å²) in [6.07, 6.45) is 1.41. The van der Waals surface area contributed by atoms with Crippen LogP contribution in [-0.4, -0.2) is 28.8 Å². The van der Waals surface area contributed by atoms with E-state index in [4.69, 9.17) is 0 Å². The lowest BCUT2D eigenvalue weighted by atomic mass is 10.1. The number of carbonyl (C=O) groups excluding carboxylic acids is 1. The van der Waals surface area contributed by atoms with Crippen LogP contribution in [0, 0.1) is 11.6 Å². The number of hydrogen-bond donors (Lipinski definition) is 2. The number of carbonyl (C=O) groups is 1. The first-order valence-corrected chi connectivity index (χ1v) is 5.78. The van der Waals surface area contributed by atoms with Gasteiger partial charge in [-0.2, -0.15) is 0 Å². The van der Waals surface area contributed by atoms with E-state index >= 15 is 0 Å². The fraction of sp³-hybridized carbons (Fsp3) is 0.417. The summed E-state index contributed by atoms with van der Waals surface area (Å²) < 4.78 is 25.7. The topological polar surface area (TPSA) is 52.6 Å². The number of hydrogen-bond acceptors (Lipinski definition) is 2. The Bertz CT molecular complexity index is 454. The highest BCUT2D eigenvalue weighted by atomic mass is 19.2. The van der Waals surface area contributed by atoms with E-state index < -0.39 is 23.9 Å². The number of urea groups is 1. The van der Waals surface area contributed by atoms with E-state index in [1.807, 2.05) is 0 Å². The van der Waals surface area contributed by atoms with Crippen molar-refractivity contribution in [1.82, 2.24) is 4.90 Å². The van der Waals surface area contributed by atoms with Crippen LogP contribution < -0.4 is 5.32 Å². The molecule has 0 aliphatic carbocycles. The van der Waals surface area contributed by atoms with Crippen LogP contribution in [0.3, 0.4) is 0 Å². The molecule has 1 saturated heterocycles. The monoisotopic (exact) mass is 256 g/mol. The minimum Gasteiger partial charge on any atom is -0.373 e. The number of halogens is 2. The van der Waals surface area contributed by atoms with Crippen LogP contribution in [0.5, 0.6) is 0 Å². The highest BCUT2D eigenvalue weighted by molar-refractivity contribution is 5.89. The molecule has 2 N–H and O–H groups in total. The van der Waals surface area contributed by atoms with Gasteiger partial charge in [-0.3, -0.25) is 4.90 Å². The molecule has 1 aliphatic rings. The highest BCUT2D eigenvalue weighted by Gasteiger charge is 2.24. The summed E-state index contributed by atoms with van der Waals surface area (Å²) in [6, 6.07) is 2.61. The predicted octanol–water partition coefficient (Wildman–Crippen LogP) is 2.30. The number of nitrogens with zero attached hydrogens (tertiary/aromatic N) is 1. The lowest BCUT2D eigenvalue weighted by Crippen LogP contribution is -2.45. The highest BCUT2D eigenvalue weighted by Crippen LogP contribution is 2.18. The van der Waals surface area contributed by atoms with Crippen LogP contribution in [0.25, 0.3) is 0 Å². The third-order valence-corrected chi connectivity index (χ3v) is 2.90. The predicted molar refractivity (Wildman–Crippen MR) is 61.9 cm³/mol. The van der Waals surface area contributed by atoms with Crippen molar-refractivity contribution in [3.05, 3.63) is 29.8 Å². The number of aliphatic hydroxyl groups excluding tert-OH is 1. The fourth-order valence-corrected chi connectivity index (χ4v) is 1.92. The summed E-state index contributed by atoms with van der Waals surface area (Å²) >= 11 is 0. The van der Waals surface area contributed by atoms with Gasteiger partial charge in [0.1, 0.15) is 6.23 Å². The van der Waals surface area contributed by atoms with Crippen LogP contribution in [0.15, 0.2) is 18.2 Å². The standard InChI is InChI=1S/C12H14F2N2O2/c13-9-5-4-8(7-10(9)14)15-12(18)16-6-2-1-3-11(16)17/h4-5,7,11,17H,1-3,6H2,(H,15,18). The van der Waals surface area contributed by atoms with E-state index in [-0.39, 0.29) is 5.69 Å². The fourth-order valence-electron chi connectivity index (χ4n) is 1.92. The largest absolute Gasteiger partial charge is 0.373 e. The van der Waals surface area contributed by atoms with E-state index in [2.05, 4.69) is 5.32 Å². The molecule has 1 aromatic rings. The zero-order valence-electron chi connectivity index (χ0n) is 9.70. The number of piperidine rings is 1. The SMILES string of the molecule is O=C(Nc1ccc(F)c(F)c1)N1CCCCC1O. The second-order valence-electron chi connectivity index (χ2n) is 4.23. The van der Waals surface area contributed by atoms with Gasteiger partial charge in [0.15, 0.2) is 11.6 Å². The van der Waals surface area contributed by atoms with Crippen molar-refractivity contribution >= 4 is 11.7 Å². The van der Waals surface area contributed by atoms with E-state index in [0.29, 0.717) is 13.0 Å². The molecule has 1 atom stereocenters. The average Bonchev–Trinajstić information content (AvgIpc) is 2.34. The Morgan fingerprint density at radius 1 is 1.33 bits per heavy atom. The first-order chi connectivity index (χ1) is 8.58. The average molecular weight is 256 g/mol. The number of rotatable bonds is 1. The molecule has 1 fully saturated rings. The van der Waals surface area contributed by atoms with Gasteiger partial charge in [0.25, 0.3) is 0 Å². The van der Waals surface area contributed by atoms with Crippen molar-refractivity contribution in [1.29, 1.82) is 0 Å². The summed E-state index contributed by atoms with van der Waals surface area (Å²) in [5.74, 6) is -1.99. The van der Waals surface area contributed by atoms with E-state index in [1.54, 1.807) is 0 Å². The lowest BCUT2D eigenvalue weighted by Gasteiger charge is -2.31. The van der Waals surface area contributed by atoms with Gasteiger partial charge in [0.05, 0.1) is 0 Å². The number of anilines is 1. The summed E-state index contributed by atoms with van der Waals surface area (Å²) in [5, 5.41) is 12.1. The smallest absolute Gasteiger partial charge is 0.323 e. The van der Waals surface area contributed by atoms with Crippen molar-refractivity contribution in [2.24, 2.45) is 0 Å². The summed E-state index contributed by atoms with van der Waals surface area (Å²) in [4.78, 5) is 13.1. The Morgan fingerprint density at radius 3 is 2.78 bits per heavy atom. The zero-order valence-corrected chi connectivity index (χ0v) is 9.70. The molecule has 0 radical (unpaired) electrons. The number of benzene rings is 1. The van der Waals surface area contributed by atoms with E-state index in [1.165, 1.54) is 11.0 Å². The molecule has 1 aliphatic heterocycles.